The molecule has 2 fully saturated rings. The molecular weight excluding hydrogens is 398 g/mol. The molecule has 0 aromatic rings. The number of aliphatic hydroxyl groups excluding tert-OH is 1. The van der Waals surface area contributed by atoms with Crippen LogP contribution in [0.25, 0.3) is 0 Å². The lowest BCUT2D eigenvalue weighted by Crippen LogP contribution is -2.27. The van der Waals surface area contributed by atoms with Gasteiger partial charge in [-0.3, -0.25) is 0 Å². The van der Waals surface area contributed by atoms with Crippen LogP contribution in [-0.2, 0) is 18.6 Å². The first-order valence-electron chi connectivity index (χ1n) is 10.4. The smallest absolute Gasteiger partial charge is 0.329 e. The highest BCUT2D eigenvalue weighted by molar-refractivity contribution is 7.10. The maximum atomic E-state index is 10.5. The molecule has 2 aliphatic rings. The van der Waals surface area contributed by atoms with Crippen LogP contribution in [0.2, 0.25) is 0 Å². The molecule has 2 aliphatic carbocycles. The molecule has 8 heteroatoms. The summed E-state index contributed by atoms with van der Waals surface area (Å²) in [5, 5.41) is 19.1. The van der Waals surface area contributed by atoms with Gasteiger partial charge in [-0.25, -0.2) is 4.79 Å². The van der Waals surface area contributed by atoms with Gasteiger partial charge in [0.1, 0.15) is 6.61 Å². The number of hydrogen-bond acceptors (Lipinski definition) is 5. The van der Waals surface area contributed by atoms with Crippen LogP contribution >= 0.6 is 18.9 Å². The zero-order valence-corrected chi connectivity index (χ0v) is 18.9. The van der Waals surface area contributed by atoms with Crippen molar-refractivity contribution in [2.75, 3.05) is 13.2 Å². The van der Waals surface area contributed by atoms with E-state index in [0.717, 1.165) is 19.3 Å². The Morgan fingerprint density at radius 3 is 2.54 bits per heavy atom. The normalized spacial score (nSPS) is 30.1. The molecule has 0 aliphatic heterocycles. The minimum Gasteiger partial charge on any atom is -0.480 e. The van der Waals surface area contributed by atoms with Crippen molar-refractivity contribution < 1.29 is 28.8 Å². The Hall–Kier alpha value is -0.0900. The van der Waals surface area contributed by atoms with Gasteiger partial charge in [0.15, 0.2) is 0 Å². The Morgan fingerprint density at radius 1 is 1.14 bits per heavy atom. The number of carboxylic acid groups (broad SMARTS) is 1. The van der Waals surface area contributed by atoms with Gasteiger partial charge in [0.05, 0.1) is 24.9 Å². The lowest BCUT2D eigenvalue weighted by Gasteiger charge is -2.31. The molecule has 7 atom stereocenters. The predicted octanol–water partition coefficient (Wildman–Crippen LogP) is 3.74. The first kappa shape index (κ1) is 24.2. The largest absolute Gasteiger partial charge is 0.480 e. The Morgan fingerprint density at radius 2 is 1.89 bits per heavy atom. The first-order chi connectivity index (χ1) is 13.6. The zero-order chi connectivity index (χ0) is 20.4. The molecule has 28 heavy (non-hydrogen) atoms. The molecule has 0 spiro atoms. The van der Waals surface area contributed by atoms with E-state index < -0.39 is 5.97 Å². The Labute approximate surface area is 173 Å². The number of carboxylic acids is 1. The number of carbonyl (C=O) groups is 1. The second kappa shape index (κ2) is 13.3. The summed E-state index contributed by atoms with van der Waals surface area (Å²) in [4.78, 5) is 10.5. The molecule has 0 radical (unpaired) electrons. The van der Waals surface area contributed by atoms with E-state index in [1.807, 2.05) is 12.2 Å². The molecule has 0 heterocycles. The van der Waals surface area contributed by atoms with E-state index in [2.05, 4.69) is 18.9 Å². The molecule has 6 nitrogen and oxygen atoms in total. The Balaban J connectivity index is 1.86. The van der Waals surface area contributed by atoms with E-state index in [9.17, 15) is 9.90 Å². The van der Waals surface area contributed by atoms with E-state index in [1.165, 1.54) is 32.1 Å². The molecule has 0 bridgehead atoms. The van der Waals surface area contributed by atoms with Crippen LogP contribution < -0.4 is 0 Å². The topological polar surface area (TPSA) is 85.2 Å². The summed E-state index contributed by atoms with van der Waals surface area (Å²) in [7, 11) is 4.81. The third-order valence-electron chi connectivity index (χ3n) is 6.32. The van der Waals surface area contributed by atoms with Crippen LogP contribution in [0.4, 0.5) is 0 Å². The number of ether oxygens (including phenoxy) is 1. The highest BCUT2D eigenvalue weighted by Gasteiger charge is 2.42. The van der Waals surface area contributed by atoms with E-state index in [4.69, 9.17) is 18.9 Å². The van der Waals surface area contributed by atoms with Crippen molar-refractivity contribution in [2.24, 2.45) is 17.8 Å². The molecule has 0 aromatic carbocycles. The van der Waals surface area contributed by atoms with Crippen molar-refractivity contribution in [3.05, 3.63) is 12.2 Å². The van der Waals surface area contributed by atoms with Crippen LogP contribution in [-0.4, -0.2) is 47.7 Å². The highest BCUT2D eigenvalue weighted by Crippen LogP contribution is 2.42. The van der Waals surface area contributed by atoms with E-state index in [1.54, 1.807) is 0 Å². The molecule has 5 unspecified atom stereocenters. The second-order valence-electron chi connectivity index (χ2n) is 8.07. The standard InChI is InChI=1S/C20H36O6P2/c21-17-12-19(26-28)16(15(17)8-4-5-11-24-13-20(22)23)9-10-18(25-27)14-6-2-1-3-7-14/h4-5,14-19,21H,1-3,6-13,27-28H2,(H,22,23)/b5-4-/t15-,16-,17?,18?,19?/m1/s1. The summed E-state index contributed by atoms with van der Waals surface area (Å²) in [6.45, 7) is -0.0203. The van der Waals surface area contributed by atoms with Gasteiger partial charge in [-0.15, -0.1) is 0 Å². The van der Waals surface area contributed by atoms with Gasteiger partial charge in [0.2, 0.25) is 0 Å². The number of allylic oxidation sites excluding steroid dienone is 1. The monoisotopic (exact) mass is 434 g/mol. The Bertz CT molecular complexity index is 483. The van der Waals surface area contributed by atoms with Gasteiger partial charge >= 0.3 is 5.97 Å². The summed E-state index contributed by atoms with van der Waals surface area (Å²) in [6.07, 6.45) is 13.5. The van der Waals surface area contributed by atoms with Gasteiger partial charge in [-0.05, 0) is 49.9 Å². The average molecular weight is 434 g/mol. The van der Waals surface area contributed by atoms with Crippen molar-refractivity contribution in [1.82, 2.24) is 0 Å². The quantitative estimate of drug-likeness (QED) is 0.277. The molecule has 0 saturated heterocycles. The zero-order valence-electron chi connectivity index (χ0n) is 16.6. The molecule has 2 rings (SSSR count). The fraction of sp³-hybridized carbons (Fsp3) is 0.850. The van der Waals surface area contributed by atoms with Gasteiger partial charge in [0.25, 0.3) is 0 Å². The van der Waals surface area contributed by atoms with Crippen molar-refractivity contribution in [3.63, 3.8) is 0 Å². The van der Waals surface area contributed by atoms with E-state index >= 15 is 0 Å². The molecule has 0 amide bonds. The summed E-state index contributed by atoms with van der Waals surface area (Å²) in [6, 6.07) is 0. The maximum absolute atomic E-state index is 10.5. The summed E-state index contributed by atoms with van der Waals surface area (Å²) in [5.41, 5.74) is 0. The van der Waals surface area contributed by atoms with Crippen LogP contribution in [0, 0.1) is 17.8 Å². The average Bonchev–Trinajstić information content (AvgIpc) is 3.00. The van der Waals surface area contributed by atoms with Crippen molar-refractivity contribution >= 4 is 24.9 Å². The Kier molecular flexibility index (Phi) is 11.5. The highest BCUT2D eigenvalue weighted by atomic mass is 31.0. The second-order valence-corrected chi connectivity index (χ2v) is 8.62. The van der Waals surface area contributed by atoms with Gasteiger partial charge in [0, 0.05) is 25.4 Å². The number of aliphatic carboxylic acids is 1. The van der Waals surface area contributed by atoms with Crippen molar-refractivity contribution in [3.8, 4) is 0 Å². The lowest BCUT2D eigenvalue weighted by molar-refractivity contribution is -0.141. The van der Waals surface area contributed by atoms with Crippen LogP contribution in [0.5, 0.6) is 0 Å². The molecule has 2 saturated carbocycles. The fourth-order valence-electron chi connectivity index (χ4n) is 4.85. The SMILES string of the molecule is O=C(O)COC/C=C\C[C@H]1C(O)CC(OP)[C@@H]1CCC(OP)C1CCCCC1. The van der Waals surface area contributed by atoms with Crippen LogP contribution in [0.1, 0.15) is 57.8 Å². The number of hydrogen-bond donors (Lipinski definition) is 2. The van der Waals surface area contributed by atoms with Crippen molar-refractivity contribution in [2.45, 2.75) is 76.1 Å². The maximum Gasteiger partial charge on any atom is 0.329 e. The van der Waals surface area contributed by atoms with E-state index in [0.29, 0.717) is 12.3 Å². The first-order valence-corrected chi connectivity index (χ1v) is 11.3. The molecule has 0 aromatic heterocycles. The van der Waals surface area contributed by atoms with Gasteiger partial charge in [-0.1, -0.05) is 31.4 Å². The third-order valence-corrected chi connectivity index (χ3v) is 7.02. The summed E-state index contributed by atoms with van der Waals surface area (Å²) < 4.78 is 16.4. The summed E-state index contributed by atoms with van der Waals surface area (Å²) >= 11 is 0. The molecule has 2 N–H and O–H groups in total. The van der Waals surface area contributed by atoms with Crippen LogP contribution in [0.3, 0.4) is 0 Å². The third kappa shape index (κ3) is 7.63. The van der Waals surface area contributed by atoms with Gasteiger partial charge in [-0.2, -0.15) is 0 Å². The number of aliphatic hydroxyl groups is 1. The van der Waals surface area contributed by atoms with Crippen LogP contribution in [0.15, 0.2) is 12.2 Å². The molecule has 162 valence electrons. The van der Waals surface area contributed by atoms with E-state index in [-0.39, 0.29) is 43.4 Å². The predicted molar refractivity (Wildman–Crippen MR) is 115 cm³/mol. The molecular formula is C20H36O6P2. The number of rotatable bonds is 12. The van der Waals surface area contributed by atoms with Gasteiger partial charge < -0.3 is 24.0 Å². The fourth-order valence-corrected chi connectivity index (χ4v) is 5.52. The minimum atomic E-state index is -0.969. The summed E-state index contributed by atoms with van der Waals surface area (Å²) in [5.74, 6) is 0.0859. The lowest BCUT2D eigenvalue weighted by atomic mass is 9.80. The van der Waals surface area contributed by atoms with Crippen molar-refractivity contribution in [1.29, 1.82) is 0 Å². The minimum absolute atomic E-state index is 0.0400.